The summed E-state index contributed by atoms with van der Waals surface area (Å²) in [6, 6.07) is 21.3. The van der Waals surface area contributed by atoms with Crippen LogP contribution in [0.3, 0.4) is 0 Å². The fourth-order valence-corrected chi connectivity index (χ4v) is 4.25. The minimum atomic E-state index is -0.249. The number of ketones is 1. The van der Waals surface area contributed by atoms with Crippen LogP contribution in [-0.4, -0.2) is 63.7 Å². The van der Waals surface area contributed by atoms with Crippen LogP contribution in [-0.2, 0) is 6.54 Å². The van der Waals surface area contributed by atoms with Gasteiger partial charge in [0.15, 0.2) is 5.78 Å². The molecule has 0 aliphatic heterocycles. The molecule has 0 saturated heterocycles. The van der Waals surface area contributed by atoms with E-state index in [2.05, 4.69) is 55.1 Å². The lowest BCUT2D eigenvalue weighted by atomic mass is 10.1. The number of rotatable bonds is 14. The van der Waals surface area contributed by atoms with Crippen LogP contribution < -0.4 is 14.5 Å². The van der Waals surface area contributed by atoms with Crippen molar-refractivity contribution in [3.63, 3.8) is 0 Å². The number of phenolic OH excluding ortho intramolecular Hbond substituents is 1. The van der Waals surface area contributed by atoms with Gasteiger partial charge in [0.2, 0.25) is 0 Å². The topological polar surface area (TPSA) is 56.3 Å². The number of para-hydroxylation sites is 1. The van der Waals surface area contributed by atoms with Gasteiger partial charge in [0, 0.05) is 52.2 Å². The molecule has 3 rings (SSSR count). The number of benzene rings is 3. The van der Waals surface area contributed by atoms with Gasteiger partial charge in [-0.2, -0.15) is 0 Å². The van der Waals surface area contributed by atoms with Crippen molar-refractivity contribution in [1.82, 2.24) is 4.90 Å². The van der Waals surface area contributed by atoms with Gasteiger partial charge in [-0.1, -0.05) is 43.3 Å². The second-order valence-corrected chi connectivity index (χ2v) is 9.81. The molecule has 0 aliphatic rings. The van der Waals surface area contributed by atoms with Gasteiger partial charge in [-0.25, -0.2) is 0 Å². The Bertz CT molecular complexity index is 1200. The predicted molar refractivity (Wildman–Crippen MR) is 159 cm³/mol. The summed E-state index contributed by atoms with van der Waals surface area (Å²) in [4.78, 5) is 19.2. The van der Waals surface area contributed by atoms with Crippen LogP contribution in [0.2, 0.25) is 0 Å². The molecule has 0 bridgehead atoms. The van der Waals surface area contributed by atoms with E-state index in [4.69, 9.17) is 4.74 Å². The highest BCUT2D eigenvalue weighted by Crippen LogP contribution is 2.25. The summed E-state index contributed by atoms with van der Waals surface area (Å²) in [6.07, 6.45) is 5.16. The molecule has 0 amide bonds. The van der Waals surface area contributed by atoms with Gasteiger partial charge in [-0.05, 0) is 73.5 Å². The molecule has 0 unspecified atom stereocenters. The maximum Gasteiger partial charge on any atom is 0.189 e. The average molecular weight is 516 g/mol. The molecular weight excluding hydrogens is 474 g/mol. The van der Waals surface area contributed by atoms with Gasteiger partial charge >= 0.3 is 0 Å². The van der Waals surface area contributed by atoms with E-state index in [-0.39, 0.29) is 17.1 Å². The molecule has 0 aromatic heterocycles. The Morgan fingerprint density at radius 3 is 2.32 bits per heavy atom. The van der Waals surface area contributed by atoms with Crippen molar-refractivity contribution in [3.05, 3.63) is 89.5 Å². The largest absolute Gasteiger partial charge is 0.507 e. The monoisotopic (exact) mass is 515 g/mol. The summed E-state index contributed by atoms with van der Waals surface area (Å²) >= 11 is 0. The second-order valence-electron chi connectivity index (χ2n) is 9.81. The molecule has 3 aromatic rings. The number of phenols is 1. The zero-order valence-corrected chi connectivity index (χ0v) is 23.4. The zero-order chi connectivity index (χ0) is 27.5. The molecule has 38 heavy (non-hydrogen) atoms. The van der Waals surface area contributed by atoms with Crippen molar-refractivity contribution in [1.29, 1.82) is 0 Å². The summed E-state index contributed by atoms with van der Waals surface area (Å²) in [5.41, 5.74) is 4.86. The van der Waals surface area contributed by atoms with Crippen LogP contribution in [0, 0.1) is 0 Å². The lowest BCUT2D eigenvalue weighted by Gasteiger charge is -2.24. The molecule has 202 valence electrons. The van der Waals surface area contributed by atoms with Crippen LogP contribution in [0.4, 0.5) is 11.4 Å². The zero-order valence-electron chi connectivity index (χ0n) is 23.4. The molecule has 6 nitrogen and oxygen atoms in total. The minimum absolute atomic E-state index is 0.0724. The Morgan fingerprint density at radius 2 is 1.66 bits per heavy atom. The van der Waals surface area contributed by atoms with Crippen LogP contribution in [0.25, 0.3) is 6.08 Å². The summed E-state index contributed by atoms with van der Waals surface area (Å²) in [5, 5.41) is 10.4. The van der Waals surface area contributed by atoms with Gasteiger partial charge in [-0.3, -0.25) is 9.69 Å². The lowest BCUT2D eigenvalue weighted by molar-refractivity contribution is 0.104. The molecule has 1 N–H and O–H groups in total. The third kappa shape index (κ3) is 8.38. The molecule has 0 atom stereocenters. The van der Waals surface area contributed by atoms with E-state index >= 15 is 0 Å². The van der Waals surface area contributed by atoms with Crippen molar-refractivity contribution < 1.29 is 14.6 Å². The molecule has 0 saturated carbocycles. The van der Waals surface area contributed by atoms with Crippen LogP contribution in [0.15, 0.2) is 72.8 Å². The van der Waals surface area contributed by atoms with Crippen molar-refractivity contribution in [2.24, 2.45) is 0 Å². The first kappa shape index (κ1) is 28.8. The number of ether oxygens (including phenoxy) is 1. The summed E-state index contributed by atoms with van der Waals surface area (Å²) in [6.45, 7) is 5.65. The number of carbonyl (C=O) groups excluding carboxylic acids is 1. The van der Waals surface area contributed by atoms with Crippen molar-refractivity contribution in [3.8, 4) is 11.5 Å². The molecule has 0 heterocycles. The number of carbonyl (C=O) groups is 1. The van der Waals surface area contributed by atoms with E-state index in [1.165, 1.54) is 23.4 Å². The molecule has 0 aliphatic carbocycles. The summed E-state index contributed by atoms with van der Waals surface area (Å²) < 4.78 is 5.85. The van der Waals surface area contributed by atoms with E-state index in [9.17, 15) is 9.90 Å². The highest BCUT2D eigenvalue weighted by molar-refractivity contribution is 6.08. The second kappa shape index (κ2) is 14.2. The number of aromatic hydroxyl groups is 1. The summed E-state index contributed by atoms with van der Waals surface area (Å²) in [7, 11) is 8.13. The summed E-state index contributed by atoms with van der Waals surface area (Å²) in [5.74, 6) is 0.243. The first-order chi connectivity index (χ1) is 18.3. The van der Waals surface area contributed by atoms with Crippen LogP contribution in [0.5, 0.6) is 11.5 Å². The highest BCUT2D eigenvalue weighted by atomic mass is 16.5. The Kier molecular flexibility index (Phi) is 10.8. The quantitative estimate of drug-likeness (QED) is 0.159. The van der Waals surface area contributed by atoms with E-state index < -0.39 is 0 Å². The number of allylic oxidation sites excluding steroid dienone is 1. The number of hydrogen-bond acceptors (Lipinski definition) is 6. The van der Waals surface area contributed by atoms with Crippen molar-refractivity contribution >= 4 is 23.2 Å². The van der Waals surface area contributed by atoms with E-state index in [0.29, 0.717) is 12.4 Å². The SMILES string of the molecule is CCN(CCCCOc1ccc(C(=O)/C=C/c2ccc(N(C)C)cc2)c(O)c1)Cc1ccccc1N(C)C. The molecule has 0 radical (unpaired) electrons. The normalized spacial score (nSPS) is 11.2. The fraction of sp³-hybridized carbons (Fsp3) is 0.344. The van der Waals surface area contributed by atoms with E-state index in [0.717, 1.165) is 43.7 Å². The molecular formula is C32H41N3O3. The highest BCUT2D eigenvalue weighted by Gasteiger charge is 2.11. The maximum absolute atomic E-state index is 12.6. The molecule has 6 heteroatoms. The van der Waals surface area contributed by atoms with Crippen LogP contribution in [0.1, 0.15) is 41.3 Å². The Morgan fingerprint density at radius 1 is 0.921 bits per heavy atom. The average Bonchev–Trinajstić information content (AvgIpc) is 2.91. The van der Waals surface area contributed by atoms with Crippen molar-refractivity contribution in [2.45, 2.75) is 26.3 Å². The maximum atomic E-state index is 12.6. The number of hydrogen-bond donors (Lipinski definition) is 1. The lowest BCUT2D eigenvalue weighted by Crippen LogP contribution is -2.25. The fourth-order valence-electron chi connectivity index (χ4n) is 4.25. The van der Waals surface area contributed by atoms with Gasteiger partial charge < -0.3 is 19.6 Å². The standard InChI is InChI=1S/C32H41N3O3/c1-6-35(24-26-11-7-8-12-30(26)34(4)5)21-9-10-22-38-28-18-19-29(32(37)23-28)31(36)20-15-25-13-16-27(17-14-25)33(2)3/h7-8,11-20,23,37H,6,9-10,21-22,24H2,1-5H3/b20-15+. The Balaban J connectivity index is 1.45. The first-order valence-electron chi connectivity index (χ1n) is 13.2. The smallest absolute Gasteiger partial charge is 0.189 e. The Labute approximate surface area is 227 Å². The molecule has 0 fully saturated rings. The molecule has 0 spiro atoms. The van der Waals surface area contributed by atoms with Gasteiger partial charge in [-0.15, -0.1) is 0 Å². The first-order valence-corrected chi connectivity index (χ1v) is 13.2. The number of anilines is 2. The Hall–Kier alpha value is -3.77. The van der Waals surface area contributed by atoms with Gasteiger partial charge in [0.1, 0.15) is 11.5 Å². The van der Waals surface area contributed by atoms with Crippen molar-refractivity contribution in [2.75, 3.05) is 57.7 Å². The predicted octanol–water partition coefficient (Wildman–Crippen LogP) is 6.10. The minimum Gasteiger partial charge on any atom is -0.507 e. The van der Waals surface area contributed by atoms with E-state index in [1.54, 1.807) is 18.2 Å². The van der Waals surface area contributed by atoms with E-state index in [1.807, 2.05) is 43.3 Å². The third-order valence-electron chi connectivity index (χ3n) is 6.52. The number of nitrogens with zero attached hydrogens (tertiary/aromatic N) is 3. The number of unbranched alkanes of at least 4 members (excludes halogenated alkanes) is 1. The van der Waals surface area contributed by atoms with Gasteiger partial charge in [0.05, 0.1) is 12.2 Å². The molecule has 3 aromatic carbocycles. The third-order valence-corrected chi connectivity index (χ3v) is 6.52. The van der Waals surface area contributed by atoms with Crippen LogP contribution >= 0.6 is 0 Å². The van der Waals surface area contributed by atoms with Gasteiger partial charge in [0.25, 0.3) is 0 Å².